The lowest BCUT2D eigenvalue weighted by atomic mass is 9.79. The third-order valence-electron chi connectivity index (χ3n) is 2.63. The molecule has 11 heavy (non-hydrogen) atoms. The molecule has 0 saturated heterocycles. The van der Waals surface area contributed by atoms with Crippen molar-refractivity contribution >= 4 is 0 Å². The van der Waals surface area contributed by atoms with Crippen LogP contribution in [0.3, 0.4) is 0 Å². The summed E-state index contributed by atoms with van der Waals surface area (Å²) >= 11 is 0. The van der Waals surface area contributed by atoms with Crippen LogP contribution in [0.1, 0.15) is 39.5 Å². The van der Waals surface area contributed by atoms with Crippen molar-refractivity contribution in [1.29, 1.82) is 0 Å². The molecule has 62 valence electrons. The predicted octanol–water partition coefficient (Wildman–Crippen LogP) is 3.70. The normalized spacial score (nSPS) is 19.3. The van der Waals surface area contributed by atoms with Crippen LogP contribution in [-0.4, -0.2) is 0 Å². The van der Waals surface area contributed by atoms with E-state index in [0.29, 0.717) is 0 Å². The molecule has 0 aromatic carbocycles. The van der Waals surface area contributed by atoms with E-state index >= 15 is 0 Å². The van der Waals surface area contributed by atoms with Gasteiger partial charge in [-0.15, -0.1) is 6.58 Å². The van der Waals surface area contributed by atoms with Gasteiger partial charge in [-0.1, -0.05) is 31.6 Å². The highest BCUT2D eigenvalue weighted by Crippen LogP contribution is 2.34. The second-order valence-corrected chi connectivity index (χ2v) is 3.90. The molecular weight excluding hydrogens is 132 g/mol. The summed E-state index contributed by atoms with van der Waals surface area (Å²) in [7, 11) is 0. The highest BCUT2D eigenvalue weighted by molar-refractivity contribution is 5.19. The Labute approximate surface area is 70.0 Å². The van der Waals surface area contributed by atoms with E-state index < -0.39 is 0 Å². The first-order valence-electron chi connectivity index (χ1n) is 4.50. The minimum atomic E-state index is 0.237. The summed E-state index contributed by atoms with van der Waals surface area (Å²) in [6.07, 6.45) is 9.74. The second-order valence-electron chi connectivity index (χ2n) is 3.90. The van der Waals surface area contributed by atoms with Crippen molar-refractivity contribution < 1.29 is 0 Å². The summed E-state index contributed by atoms with van der Waals surface area (Å²) in [5, 5.41) is 0. The third-order valence-corrected chi connectivity index (χ3v) is 2.63. The van der Waals surface area contributed by atoms with E-state index in [-0.39, 0.29) is 5.41 Å². The molecule has 0 nitrogen and oxygen atoms in total. The average molecular weight is 150 g/mol. The second kappa shape index (κ2) is 3.25. The molecule has 1 aliphatic carbocycles. The monoisotopic (exact) mass is 150 g/mol. The smallest absolute Gasteiger partial charge is 0.00315 e. The predicted molar refractivity (Wildman–Crippen MR) is 50.5 cm³/mol. The molecule has 0 aliphatic heterocycles. The molecule has 0 heterocycles. The van der Waals surface area contributed by atoms with Crippen molar-refractivity contribution in [2.24, 2.45) is 5.41 Å². The number of allylic oxidation sites excluding steroid dienone is 3. The fourth-order valence-corrected chi connectivity index (χ4v) is 1.55. The Morgan fingerprint density at radius 3 is 2.64 bits per heavy atom. The van der Waals surface area contributed by atoms with E-state index in [1.54, 1.807) is 5.57 Å². The van der Waals surface area contributed by atoms with Crippen molar-refractivity contribution in [1.82, 2.24) is 0 Å². The van der Waals surface area contributed by atoms with Gasteiger partial charge >= 0.3 is 0 Å². The lowest BCUT2D eigenvalue weighted by Gasteiger charge is -2.26. The van der Waals surface area contributed by atoms with E-state index in [1.165, 1.54) is 25.7 Å². The summed E-state index contributed by atoms with van der Waals surface area (Å²) in [5.74, 6) is 0. The maximum atomic E-state index is 3.87. The van der Waals surface area contributed by atoms with Gasteiger partial charge in [0.15, 0.2) is 0 Å². The van der Waals surface area contributed by atoms with Gasteiger partial charge in [0.2, 0.25) is 0 Å². The number of hydrogen-bond acceptors (Lipinski definition) is 0. The van der Waals surface area contributed by atoms with Crippen LogP contribution < -0.4 is 0 Å². The van der Waals surface area contributed by atoms with Crippen LogP contribution in [0.2, 0.25) is 0 Å². The van der Waals surface area contributed by atoms with Gasteiger partial charge in [-0.05, 0) is 25.7 Å². The summed E-state index contributed by atoms with van der Waals surface area (Å²) < 4.78 is 0. The van der Waals surface area contributed by atoms with Gasteiger partial charge in [-0.2, -0.15) is 0 Å². The van der Waals surface area contributed by atoms with Crippen molar-refractivity contribution in [3.8, 4) is 0 Å². The van der Waals surface area contributed by atoms with E-state index in [2.05, 4.69) is 32.6 Å². The molecule has 0 fully saturated rings. The molecule has 0 spiro atoms. The molecule has 1 aliphatic rings. The summed E-state index contributed by atoms with van der Waals surface area (Å²) in [4.78, 5) is 0. The van der Waals surface area contributed by atoms with E-state index in [4.69, 9.17) is 0 Å². The van der Waals surface area contributed by atoms with E-state index in [1.807, 2.05) is 0 Å². The summed E-state index contributed by atoms with van der Waals surface area (Å²) in [6, 6.07) is 0. The largest absolute Gasteiger partial charge is 0.102 e. The Hall–Kier alpha value is -0.520. The maximum Gasteiger partial charge on any atom is 0.00315 e. The van der Waals surface area contributed by atoms with Crippen LogP contribution in [-0.2, 0) is 0 Å². The SMILES string of the molecule is C=CC(C)(C)C1=CCCCC1. The zero-order chi connectivity index (χ0) is 8.32. The Balaban J connectivity index is 2.71. The highest BCUT2D eigenvalue weighted by Gasteiger charge is 2.19. The quantitative estimate of drug-likeness (QED) is 0.526. The highest BCUT2D eigenvalue weighted by atomic mass is 14.2. The van der Waals surface area contributed by atoms with Crippen molar-refractivity contribution in [2.75, 3.05) is 0 Å². The van der Waals surface area contributed by atoms with Crippen LogP contribution in [0, 0.1) is 5.41 Å². The molecule has 0 aromatic rings. The fraction of sp³-hybridized carbons (Fsp3) is 0.636. The summed E-state index contributed by atoms with van der Waals surface area (Å²) in [5.41, 5.74) is 1.82. The molecular formula is C11H18. The van der Waals surface area contributed by atoms with Crippen LogP contribution in [0.15, 0.2) is 24.3 Å². The molecule has 0 atom stereocenters. The van der Waals surface area contributed by atoms with Gasteiger partial charge in [0.25, 0.3) is 0 Å². The lowest BCUT2D eigenvalue weighted by molar-refractivity contribution is 0.517. The molecule has 0 heteroatoms. The Morgan fingerprint density at radius 2 is 2.18 bits per heavy atom. The van der Waals surface area contributed by atoms with Crippen LogP contribution in [0.4, 0.5) is 0 Å². The van der Waals surface area contributed by atoms with Crippen molar-refractivity contribution in [3.63, 3.8) is 0 Å². The molecule has 0 unspecified atom stereocenters. The molecule has 1 rings (SSSR count). The summed E-state index contributed by atoms with van der Waals surface area (Å²) in [6.45, 7) is 8.36. The zero-order valence-electron chi connectivity index (χ0n) is 7.69. The van der Waals surface area contributed by atoms with Gasteiger partial charge in [0.05, 0.1) is 0 Å². The Bertz CT molecular complexity index is 172. The zero-order valence-corrected chi connectivity index (χ0v) is 7.69. The van der Waals surface area contributed by atoms with Gasteiger partial charge in [0, 0.05) is 5.41 Å². The van der Waals surface area contributed by atoms with Gasteiger partial charge in [0.1, 0.15) is 0 Å². The van der Waals surface area contributed by atoms with Crippen molar-refractivity contribution in [3.05, 3.63) is 24.3 Å². The molecule has 0 radical (unpaired) electrons. The lowest BCUT2D eigenvalue weighted by Crippen LogP contribution is -2.12. The minimum absolute atomic E-state index is 0.237. The van der Waals surface area contributed by atoms with Gasteiger partial charge < -0.3 is 0 Å². The standard InChI is InChI=1S/C11H18/c1-4-11(2,3)10-8-6-5-7-9-10/h4,8H,1,5-7,9H2,2-3H3. The molecule has 0 amide bonds. The third kappa shape index (κ3) is 1.95. The van der Waals surface area contributed by atoms with E-state index in [9.17, 15) is 0 Å². The topological polar surface area (TPSA) is 0 Å². The maximum absolute atomic E-state index is 3.87. The molecule has 0 bridgehead atoms. The molecule has 0 aromatic heterocycles. The fourth-order valence-electron chi connectivity index (χ4n) is 1.55. The van der Waals surface area contributed by atoms with Crippen molar-refractivity contribution in [2.45, 2.75) is 39.5 Å². The average Bonchev–Trinajstić information content (AvgIpc) is 2.06. The molecule has 0 N–H and O–H groups in total. The number of hydrogen-bond donors (Lipinski definition) is 0. The van der Waals surface area contributed by atoms with Crippen LogP contribution >= 0.6 is 0 Å². The first-order chi connectivity index (χ1) is 5.17. The van der Waals surface area contributed by atoms with Gasteiger partial charge in [-0.25, -0.2) is 0 Å². The Kier molecular flexibility index (Phi) is 2.53. The number of rotatable bonds is 2. The first-order valence-corrected chi connectivity index (χ1v) is 4.50. The van der Waals surface area contributed by atoms with E-state index in [0.717, 1.165) is 0 Å². The Morgan fingerprint density at radius 1 is 1.45 bits per heavy atom. The first kappa shape index (κ1) is 8.58. The van der Waals surface area contributed by atoms with Crippen LogP contribution in [0.5, 0.6) is 0 Å². The molecule has 0 saturated carbocycles. The van der Waals surface area contributed by atoms with Gasteiger partial charge in [-0.3, -0.25) is 0 Å². The van der Waals surface area contributed by atoms with Crippen LogP contribution in [0.25, 0.3) is 0 Å². The minimum Gasteiger partial charge on any atom is -0.102 e.